The van der Waals surface area contributed by atoms with Crippen LogP contribution in [0.4, 0.5) is 0 Å². The minimum atomic E-state index is -1.30. The topological polar surface area (TPSA) is 80.9 Å². The zero-order valence-corrected chi connectivity index (χ0v) is 11.4. The van der Waals surface area contributed by atoms with Crippen LogP contribution in [0.5, 0.6) is 5.75 Å². The molecular formula is C8H7Cl2NaO4. The second-order valence-corrected chi connectivity index (χ2v) is 3.08. The van der Waals surface area contributed by atoms with Crippen LogP contribution >= 0.6 is 23.2 Å². The molecule has 0 heterocycles. The van der Waals surface area contributed by atoms with Gasteiger partial charge in [0.05, 0.1) is 11.0 Å². The quantitative estimate of drug-likeness (QED) is 0.555. The zero-order valence-electron chi connectivity index (χ0n) is 7.92. The average molecular weight is 261 g/mol. The third kappa shape index (κ3) is 6.25. The van der Waals surface area contributed by atoms with Crippen molar-refractivity contribution < 1.29 is 49.7 Å². The van der Waals surface area contributed by atoms with Crippen molar-refractivity contribution in [3.8, 4) is 5.75 Å². The van der Waals surface area contributed by atoms with Gasteiger partial charge in [0.1, 0.15) is 12.4 Å². The number of carboxylic acid groups (broad SMARTS) is 1. The van der Waals surface area contributed by atoms with Crippen molar-refractivity contribution in [2.24, 2.45) is 0 Å². The number of ether oxygens (including phenoxy) is 1. The van der Waals surface area contributed by atoms with Crippen LogP contribution in [0.15, 0.2) is 18.2 Å². The number of hydrogen-bond acceptors (Lipinski definition) is 3. The zero-order chi connectivity index (χ0) is 9.84. The van der Waals surface area contributed by atoms with E-state index in [1.807, 2.05) is 0 Å². The summed E-state index contributed by atoms with van der Waals surface area (Å²) in [4.78, 5) is 10.0. The summed E-state index contributed by atoms with van der Waals surface area (Å²) in [5, 5.41) is 10.8. The summed E-state index contributed by atoms with van der Waals surface area (Å²) in [5.74, 6) is -1.03. The Balaban J connectivity index is 0. The van der Waals surface area contributed by atoms with E-state index >= 15 is 0 Å². The van der Waals surface area contributed by atoms with Gasteiger partial charge in [-0.3, -0.25) is 0 Å². The average Bonchev–Trinajstić information content (AvgIpc) is 2.02. The van der Waals surface area contributed by atoms with E-state index in [9.17, 15) is 9.90 Å². The van der Waals surface area contributed by atoms with Crippen molar-refractivity contribution in [2.45, 2.75) is 0 Å². The first-order valence-electron chi connectivity index (χ1n) is 3.37. The van der Waals surface area contributed by atoms with Gasteiger partial charge in [0.2, 0.25) is 0 Å². The number of carboxylic acids is 1. The minimum absolute atomic E-state index is 0. The Labute approximate surface area is 119 Å². The molecule has 0 saturated heterocycles. The molecule has 78 valence electrons. The molecular weight excluding hydrogens is 254 g/mol. The van der Waals surface area contributed by atoms with E-state index in [1.54, 1.807) is 6.07 Å². The van der Waals surface area contributed by atoms with Crippen molar-refractivity contribution in [2.75, 3.05) is 6.61 Å². The molecule has 1 rings (SSSR count). The van der Waals surface area contributed by atoms with Gasteiger partial charge in [-0.05, 0) is 18.2 Å². The smallest absolute Gasteiger partial charge is 0.546 e. The van der Waals surface area contributed by atoms with Crippen molar-refractivity contribution in [1.82, 2.24) is 0 Å². The molecule has 0 unspecified atom stereocenters. The number of hydrogen-bond donors (Lipinski definition) is 0. The standard InChI is InChI=1S/C8H6Cl2O3.Na.H2O/c9-5-1-2-7(6(10)3-5)13-4-8(11)12;;/h1-3H,4H2,(H,11,12);;1H2/q;+1;/p-1. The minimum Gasteiger partial charge on any atom is -0.546 e. The number of aliphatic carboxylic acids is 1. The molecule has 0 bridgehead atoms. The van der Waals surface area contributed by atoms with Crippen molar-refractivity contribution in [1.29, 1.82) is 0 Å². The molecule has 4 nitrogen and oxygen atoms in total. The molecule has 1 aromatic carbocycles. The fraction of sp³-hybridized carbons (Fsp3) is 0.125. The van der Waals surface area contributed by atoms with Crippen LogP contribution in [0, 0.1) is 0 Å². The van der Waals surface area contributed by atoms with Gasteiger partial charge in [-0.25, -0.2) is 0 Å². The predicted molar refractivity (Wildman–Crippen MR) is 50.6 cm³/mol. The van der Waals surface area contributed by atoms with Gasteiger partial charge >= 0.3 is 29.6 Å². The van der Waals surface area contributed by atoms with Crippen LogP contribution in [-0.4, -0.2) is 18.1 Å². The van der Waals surface area contributed by atoms with Crippen LogP contribution in [0.2, 0.25) is 10.0 Å². The molecule has 0 fully saturated rings. The second-order valence-electron chi connectivity index (χ2n) is 2.24. The number of carbonyl (C=O) groups is 1. The van der Waals surface area contributed by atoms with Crippen LogP contribution in [0.1, 0.15) is 0 Å². The maximum atomic E-state index is 10.0. The molecule has 0 spiro atoms. The van der Waals surface area contributed by atoms with Gasteiger partial charge in [0.25, 0.3) is 0 Å². The largest absolute Gasteiger partial charge is 1.00 e. The second kappa shape index (κ2) is 8.21. The Morgan fingerprint density at radius 2 is 2.00 bits per heavy atom. The van der Waals surface area contributed by atoms with Crippen molar-refractivity contribution >= 4 is 29.2 Å². The summed E-state index contributed by atoms with van der Waals surface area (Å²) in [6.45, 7) is -0.526. The maximum absolute atomic E-state index is 10.0. The normalized spacial score (nSPS) is 8.40. The van der Waals surface area contributed by atoms with E-state index in [0.29, 0.717) is 5.02 Å². The third-order valence-electron chi connectivity index (χ3n) is 1.24. The number of halogens is 2. The summed E-state index contributed by atoms with van der Waals surface area (Å²) in [7, 11) is 0. The molecule has 0 amide bonds. The Bertz CT molecular complexity index is 332. The summed E-state index contributed by atoms with van der Waals surface area (Å²) in [6.07, 6.45) is 0. The summed E-state index contributed by atoms with van der Waals surface area (Å²) < 4.78 is 4.80. The third-order valence-corrected chi connectivity index (χ3v) is 1.77. The monoisotopic (exact) mass is 260 g/mol. The predicted octanol–water partition coefficient (Wildman–Crippen LogP) is -2.70. The van der Waals surface area contributed by atoms with E-state index in [2.05, 4.69) is 0 Å². The SMILES string of the molecule is O.O=C([O-])COc1ccc(Cl)cc1Cl.[Na+]. The van der Waals surface area contributed by atoms with Gasteiger partial charge in [-0.1, -0.05) is 23.2 Å². The Morgan fingerprint density at radius 3 is 2.47 bits per heavy atom. The Hall–Kier alpha value is 0.0300. The molecule has 0 aliphatic heterocycles. The maximum Gasteiger partial charge on any atom is 1.00 e. The van der Waals surface area contributed by atoms with Gasteiger partial charge in [-0.2, -0.15) is 0 Å². The van der Waals surface area contributed by atoms with Crippen LogP contribution in [0.3, 0.4) is 0 Å². The van der Waals surface area contributed by atoms with Crippen molar-refractivity contribution in [3.05, 3.63) is 28.2 Å². The van der Waals surface area contributed by atoms with Crippen LogP contribution < -0.4 is 39.4 Å². The Morgan fingerprint density at radius 1 is 1.40 bits per heavy atom. The first-order valence-corrected chi connectivity index (χ1v) is 4.13. The van der Waals surface area contributed by atoms with Crippen LogP contribution in [0.25, 0.3) is 0 Å². The molecule has 0 aliphatic carbocycles. The van der Waals surface area contributed by atoms with Gasteiger partial charge in [0.15, 0.2) is 0 Å². The first kappa shape index (κ1) is 17.4. The number of rotatable bonds is 3. The molecule has 0 radical (unpaired) electrons. The molecule has 0 atom stereocenters. The first-order chi connectivity index (χ1) is 6.09. The summed E-state index contributed by atoms with van der Waals surface area (Å²) in [6, 6.07) is 4.51. The van der Waals surface area contributed by atoms with E-state index in [4.69, 9.17) is 27.9 Å². The molecule has 0 aromatic heterocycles. The van der Waals surface area contributed by atoms with Gasteiger partial charge in [-0.15, -0.1) is 0 Å². The number of benzene rings is 1. The fourth-order valence-corrected chi connectivity index (χ4v) is 1.19. The molecule has 0 aliphatic rings. The number of carbonyl (C=O) groups excluding carboxylic acids is 1. The van der Waals surface area contributed by atoms with E-state index in [-0.39, 0.29) is 45.8 Å². The van der Waals surface area contributed by atoms with Gasteiger partial charge < -0.3 is 20.1 Å². The summed E-state index contributed by atoms with van der Waals surface area (Å²) in [5.41, 5.74) is 0. The molecule has 1 aromatic rings. The van der Waals surface area contributed by atoms with Gasteiger partial charge in [0, 0.05) is 5.02 Å². The summed E-state index contributed by atoms with van der Waals surface area (Å²) >= 11 is 11.3. The molecule has 15 heavy (non-hydrogen) atoms. The van der Waals surface area contributed by atoms with E-state index < -0.39 is 12.6 Å². The molecule has 7 heteroatoms. The van der Waals surface area contributed by atoms with Crippen LogP contribution in [-0.2, 0) is 4.79 Å². The van der Waals surface area contributed by atoms with E-state index in [1.165, 1.54) is 12.1 Å². The Kier molecular flexibility index (Phi) is 9.54. The fourth-order valence-electron chi connectivity index (χ4n) is 0.729. The van der Waals surface area contributed by atoms with E-state index in [0.717, 1.165) is 0 Å². The van der Waals surface area contributed by atoms with Crippen molar-refractivity contribution in [3.63, 3.8) is 0 Å². The molecule has 2 N–H and O–H groups in total. The molecule has 0 saturated carbocycles.